The number of hydrogen-bond acceptors (Lipinski definition) is 3. The number of morpholine rings is 1. The first-order valence-corrected chi connectivity index (χ1v) is 6.13. The lowest BCUT2D eigenvalue weighted by Crippen LogP contribution is -2.56. The summed E-state index contributed by atoms with van der Waals surface area (Å²) in [7, 11) is 2.09. The van der Waals surface area contributed by atoms with Crippen molar-refractivity contribution in [2.75, 3.05) is 33.4 Å². The van der Waals surface area contributed by atoms with Gasteiger partial charge in [0.2, 0.25) is 0 Å². The van der Waals surface area contributed by atoms with Gasteiger partial charge in [0.05, 0.1) is 13.2 Å². The molecule has 1 aliphatic carbocycles. The molecule has 88 valence electrons. The zero-order valence-corrected chi connectivity index (χ0v) is 10.3. The molecule has 0 radical (unpaired) electrons. The first-order valence-electron chi connectivity index (χ1n) is 6.13. The van der Waals surface area contributed by atoms with Crippen LogP contribution in [0.2, 0.25) is 0 Å². The van der Waals surface area contributed by atoms with Gasteiger partial charge in [0.1, 0.15) is 0 Å². The van der Waals surface area contributed by atoms with E-state index in [2.05, 4.69) is 31.1 Å². The topological polar surface area (TPSA) is 24.5 Å². The average molecular weight is 212 g/mol. The lowest BCUT2D eigenvalue weighted by atomic mass is 10.0. The van der Waals surface area contributed by atoms with Gasteiger partial charge in [0, 0.05) is 24.7 Å². The first-order chi connectivity index (χ1) is 7.13. The number of rotatable bonds is 4. The highest BCUT2D eigenvalue weighted by atomic mass is 16.5. The van der Waals surface area contributed by atoms with E-state index in [-0.39, 0.29) is 5.54 Å². The van der Waals surface area contributed by atoms with E-state index in [9.17, 15) is 0 Å². The molecule has 0 bridgehead atoms. The number of likely N-dealkylation sites (N-methyl/N-ethyl adjacent to an activating group) is 1. The highest BCUT2D eigenvalue weighted by Gasteiger charge is 2.36. The Kier molecular flexibility index (Phi) is 3.33. The van der Waals surface area contributed by atoms with Crippen LogP contribution in [-0.4, -0.2) is 49.8 Å². The van der Waals surface area contributed by atoms with Gasteiger partial charge in [-0.2, -0.15) is 0 Å². The number of ether oxygens (including phenoxy) is 1. The largest absolute Gasteiger partial charge is 0.378 e. The Morgan fingerprint density at radius 2 is 2.20 bits per heavy atom. The predicted molar refractivity (Wildman–Crippen MR) is 62.0 cm³/mol. The molecule has 3 nitrogen and oxygen atoms in total. The maximum atomic E-state index is 5.54. The second-order valence-electron chi connectivity index (χ2n) is 5.54. The molecule has 2 aliphatic rings. The fraction of sp³-hybridized carbons (Fsp3) is 1.00. The summed E-state index contributed by atoms with van der Waals surface area (Å²) in [4.78, 5) is 2.58. The number of hydrogen-bond donors (Lipinski definition) is 1. The van der Waals surface area contributed by atoms with Crippen LogP contribution in [0.5, 0.6) is 0 Å². The monoisotopic (exact) mass is 212 g/mol. The lowest BCUT2D eigenvalue weighted by Gasteiger charge is -2.43. The quantitative estimate of drug-likeness (QED) is 0.755. The summed E-state index contributed by atoms with van der Waals surface area (Å²) < 4.78 is 5.54. The van der Waals surface area contributed by atoms with Crippen molar-refractivity contribution in [2.45, 2.75) is 38.3 Å². The molecular formula is C12H24N2O. The van der Waals surface area contributed by atoms with Crippen molar-refractivity contribution in [3.63, 3.8) is 0 Å². The van der Waals surface area contributed by atoms with Gasteiger partial charge >= 0.3 is 0 Å². The molecule has 2 rings (SSSR count). The number of nitrogens with one attached hydrogen (secondary N) is 1. The Morgan fingerprint density at radius 1 is 1.47 bits per heavy atom. The normalized spacial score (nSPS) is 29.0. The molecule has 0 aromatic carbocycles. The van der Waals surface area contributed by atoms with Crippen molar-refractivity contribution < 1.29 is 4.74 Å². The van der Waals surface area contributed by atoms with Crippen LogP contribution in [0.1, 0.15) is 26.7 Å². The van der Waals surface area contributed by atoms with Gasteiger partial charge in [-0.05, 0) is 39.7 Å². The van der Waals surface area contributed by atoms with Crippen LogP contribution in [-0.2, 0) is 4.74 Å². The standard InChI is InChI=1S/C12H24N2O/c1-12(2)9-15-7-6-14(12)8-11(13-3)10-4-5-10/h10-11,13H,4-9H2,1-3H3. The summed E-state index contributed by atoms with van der Waals surface area (Å²) >= 11 is 0. The van der Waals surface area contributed by atoms with Crippen molar-refractivity contribution in [1.29, 1.82) is 0 Å². The molecular weight excluding hydrogens is 188 g/mol. The third kappa shape index (κ3) is 2.71. The van der Waals surface area contributed by atoms with Crippen molar-refractivity contribution in [1.82, 2.24) is 10.2 Å². The van der Waals surface area contributed by atoms with Gasteiger partial charge in [-0.3, -0.25) is 4.90 Å². The minimum atomic E-state index is 0.211. The molecule has 3 heteroatoms. The van der Waals surface area contributed by atoms with Crippen molar-refractivity contribution in [3.05, 3.63) is 0 Å². The van der Waals surface area contributed by atoms with Crippen LogP contribution in [0.4, 0.5) is 0 Å². The van der Waals surface area contributed by atoms with E-state index in [1.54, 1.807) is 0 Å². The van der Waals surface area contributed by atoms with Crippen LogP contribution in [0, 0.1) is 5.92 Å². The summed E-state index contributed by atoms with van der Waals surface area (Å²) in [6, 6.07) is 0.683. The molecule has 1 N–H and O–H groups in total. The molecule has 1 heterocycles. The maximum absolute atomic E-state index is 5.54. The Bertz CT molecular complexity index is 214. The van der Waals surface area contributed by atoms with E-state index < -0.39 is 0 Å². The maximum Gasteiger partial charge on any atom is 0.0645 e. The van der Waals surface area contributed by atoms with Crippen molar-refractivity contribution >= 4 is 0 Å². The summed E-state index contributed by atoms with van der Waals surface area (Å²) in [6.07, 6.45) is 2.83. The van der Waals surface area contributed by atoms with Crippen LogP contribution >= 0.6 is 0 Å². The average Bonchev–Trinajstić information content (AvgIpc) is 2.99. The molecule has 0 aromatic heterocycles. The minimum Gasteiger partial charge on any atom is -0.378 e. The zero-order chi connectivity index (χ0) is 10.9. The lowest BCUT2D eigenvalue weighted by molar-refractivity contribution is -0.0550. The van der Waals surface area contributed by atoms with Gasteiger partial charge in [-0.15, -0.1) is 0 Å². The molecule has 2 fully saturated rings. The number of nitrogens with zero attached hydrogens (tertiary/aromatic N) is 1. The second kappa shape index (κ2) is 4.40. The summed E-state index contributed by atoms with van der Waals surface area (Å²) in [6.45, 7) is 8.59. The summed E-state index contributed by atoms with van der Waals surface area (Å²) in [5.41, 5.74) is 0.211. The first kappa shape index (κ1) is 11.4. The molecule has 0 aromatic rings. The molecule has 0 spiro atoms. The van der Waals surface area contributed by atoms with E-state index >= 15 is 0 Å². The van der Waals surface area contributed by atoms with E-state index in [4.69, 9.17) is 4.74 Å². The van der Waals surface area contributed by atoms with Gasteiger partial charge in [-0.1, -0.05) is 0 Å². The van der Waals surface area contributed by atoms with Gasteiger partial charge < -0.3 is 10.1 Å². The second-order valence-corrected chi connectivity index (χ2v) is 5.54. The Morgan fingerprint density at radius 3 is 2.73 bits per heavy atom. The molecule has 1 saturated heterocycles. The van der Waals surface area contributed by atoms with Gasteiger partial charge in [0.15, 0.2) is 0 Å². The smallest absolute Gasteiger partial charge is 0.0645 e. The molecule has 1 aliphatic heterocycles. The molecule has 0 amide bonds. The predicted octanol–water partition coefficient (Wildman–Crippen LogP) is 1.10. The SMILES string of the molecule is CNC(CN1CCOCC1(C)C)C1CC1. The Hall–Kier alpha value is -0.120. The van der Waals surface area contributed by atoms with Crippen molar-refractivity contribution in [2.24, 2.45) is 5.92 Å². The third-order valence-electron chi connectivity index (χ3n) is 3.80. The van der Waals surface area contributed by atoms with E-state index in [0.29, 0.717) is 6.04 Å². The molecule has 15 heavy (non-hydrogen) atoms. The van der Waals surface area contributed by atoms with E-state index in [0.717, 1.165) is 25.7 Å². The molecule has 1 saturated carbocycles. The molecule has 1 atom stereocenters. The van der Waals surface area contributed by atoms with Crippen molar-refractivity contribution in [3.8, 4) is 0 Å². The minimum absolute atomic E-state index is 0.211. The third-order valence-corrected chi connectivity index (χ3v) is 3.80. The summed E-state index contributed by atoms with van der Waals surface area (Å²) in [5.74, 6) is 0.925. The van der Waals surface area contributed by atoms with Crippen LogP contribution in [0.15, 0.2) is 0 Å². The fourth-order valence-electron chi connectivity index (χ4n) is 2.44. The fourth-order valence-corrected chi connectivity index (χ4v) is 2.44. The van der Waals surface area contributed by atoms with Crippen LogP contribution < -0.4 is 5.32 Å². The Balaban J connectivity index is 1.90. The van der Waals surface area contributed by atoms with Crippen LogP contribution in [0.25, 0.3) is 0 Å². The van der Waals surface area contributed by atoms with Gasteiger partial charge in [0.25, 0.3) is 0 Å². The Labute approximate surface area is 93.2 Å². The van der Waals surface area contributed by atoms with E-state index in [1.165, 1.54) is 19.4 Å². The molecule has 1 unspecified atom stereocenters. The highest BCUT2D eigenvalue weighted by molar-refractivity contribution is 4.92. The highest BCUT2D eigenvalue weighted by Crippen LogP contribution is 2.33. The zero-order valence-electron chi connectivity index (χ0n) is 10.3. The van der Waals surface area contributed by atoms with Crippen LogP contribution in [0.3, 0.4) is 0 Å². The van der Waals surface area contributed by atoms with Gasteiger partial charge in [-0.25, -0.2) is 0 Å². The van der Waals surface area contributed by atoms with E-state index in [1.807, 2.05) is 0 Å². The summed E-state index contributed by atoms with van der Waals surface area (Å²) in [5, 5.41) is 3.47.